The molecule has 0 aliphatic heterocycles. The number of alkyl halides is 2. The van der Waals surface area contributed by atoms with Gasteiger partial charge in [0.1, 0.15) is 22.5 Å². The molecule has 26 heavy (non-hydrogen) atoms. The maximum absolute atomic E-state index is 12.4. The summed E-state index contributed by atoms with van der Waals surface area (Å²) in [6.07, 6.45) is 2.70. The van der Waals surface area contributed by atoms with Crippen LogP contribution in [0.3, 0.4) is 0 Å². The molecule has 1 heterocycles. The van der Waals surface area contributed by atoms with Crippen molar-refractivity contribution in [1.82, 2.24) is 14.9 Å². The molecule has 0 radical (unpaired) electrons. The Balaban J connectivity index is 1.95. The van der Waals surface area contributed by atoms with Gasteiger partial charge in [0.05, 0.1) is 12.4 Å². The smallest absolute Gasteiger partial charge is 0.345 e. The van der Waals surface area contributed by atoms with Crippen LogP contribution in [0, 0.1) is 5.41 Å². The van der Waals surface area contributed by atoms with Crippen LogP contribution in [0.1, 0.15) is 31.4 Å². The lowest BCUT2D eigenvalue weighted by Gasteiger charge is -2.28. The second-order valence-electron chi connectivity index (χ2n) is 5.90. The molecular formula is C15H20BrF2N5O3. The number of carbonyl (C=O) groups excluding carboxylic acids is 1. The number of halogens is 3. The Morgan fingerprint density at radius 2 is 2.12 bits per heavy atom. The van der Waals surface area contributed by atoms with Gasteiger partial charge in [0.25, 0.3) is 5.56 Å². The first kappa shape index (κ1) is 20.4. The molecule has 11 heteroatoms. The van der Waals surface area contributed by atoms with Crippen molar-refractivity contribution < 1.29 is 18.3 Å². The lowest BCUT2D eigenvalue weighted by atomic mass is 9.93. The lowest BCUT2D eigenvalue weighted by molar-refractivity contribution is -0.170. The highest BCUT2D eigenvalue weighted by atomic mass is 79.9. The molecule has 0 aromatic carbocycles. The maximum Gasteiger partial charge on any atom is 0.345 e. The van der Waals surface area contributed by atoms with Crippen molar-refractivity contribution in [3.63, 3.8) is 0 Å². The molecular weight excluding hydrogens is 416 g/mol. The zero-order chi connectivity index (χ0) is 19.3. The third-order valence-corrected chi connectivity index (χ3v) is 4.52. The number of amides is 1. The first-order valence-electron chi connectivity index (χ1n) is 8.06. The minimum Gasteiger partial charge on any atom is -0.382 e. The number of hydrogen-bond donors (Lipinski definition) is 3. The number of nitrogens with one attached hydrogen (secondary N) is 3. The number of anilines is 1. The summed E-state index contributed by atoms with van der Waals surface area (Å²) in [4.78, 5) is 28.6. The summed E-state index contributed by atoms with van der Waals surface area (Å²) in [6, 6.07) is -0.137. The fourth-order valence-corrected chi connectivity index (χ4v) is 3.21. The van der Waals surface area contributed by atoms with Crippen LogP contribution >= 0.6 is 15.9 Å². The Morgan fingerprint density at radius 1 is 1.46 bits per heavy atom. The Bertz CT molecular complexity index is 720. The van der Waals surface area contributed by atoms with Gasteiger partial charge in [-0.05, 0) is 41.6 Å². The summed E-state index contributed by atoms with van der Waals surface area (Å²) in [5, 5.41) is 13.0. The van der Waals surface area contributed by atoms with Crippen molar-refractivity contribution in [3.8, 4) is 0 Å². The van der Waals surface area contributed by atoms with Gasteiger partial charge in [0.15, 0.2) is 0 Å². The van der Waals surface area contributed by atoms with Gasteiger partial charge in [-0.15, -0.1) is 0 Å². The van der Waals surface area contributed by atoms with Gasteiger partial charge in [0.2, 0.25) is 5.91 Å². The number of carbonyl (C=O) groups is 1. The van der Waals surface area contributed by atoms with Crippen molar-refractivity contribution in [2.24, 2.45) is 0 Å². The van der Waals surface area contributed by atoms with Gasteiger partial charge < -0.3 is 15.4 Å². The molecule has 0 atom stereocenters. The number of rotatable bonds is 7. The fraction of sp³-hybridized carbons (Fsp3) is 0.600. The second kappa shape index (κ2) is 9.17. The van der Waals surface area contributed by atoms with Crippen molar-refractivity contribution in [2.45, 2.75) is 51.0 Å². The minimum atomic E-state index is -2.78. The molecule has 3 N–H and O–H groups in total. The predicted molar refractivity (Wildman–Crippen MR) is 95.1 cm³/mol. The van der Waals surface area contributed by atoms with Crippen LogP contribution in [0.5, 0.6) is 0 Å². The van der Waals surface area contributed by atoms with Crippen molar-refractivity contribution >= 4 is 32.1 Å². The van der Waals surface area contributed by atoms with E-state index in [4.69, 9.17) is 5.41 Å². The highest BCUT2D eigenvalue weighted by Gasteiger charge is 2.25. The number of aromatic nitrogens is 2. The van der Waals surface area contributed by atoms with Gasteiger partial charge in [0, 0.05) is 13.1 Å². The van der Waals surface area contributed by atoms with Gasteiger partial charge in [-0.25, -0.2) is 4.98 Å². The lowest BCUT2D eigenvalue weighted by Crippen LogP contribution is -2.42. The summed E-state index contributed by atoms with van der Waals surface area (Å²) in [6.45, 7) is -3.00. The molecule has 0 bridgehead atoms. The average Bonchev–Trinajstić information content (AvgIpc) is 2.57. The maximum atomic E-state index is 12.4. The van der Waals surface area contributed by atoms with Crippen molar-refractivity contribution in [1.29, 1.82) is 5.41 Å². The molecule has 2 rings (SSSR count). The van der Waals surface area contributed by atoms with E-state index in [9.17, 15) is 18.4 Å². The van der Waals surface area contributed by atoms with Gasteiger partial charge in [-0.1, -0.05) is 0 Å². The van der Waals surface area contributed by atoms with Gasteiger partial charge in [-0.3, -0.25) is 19.6 Å². The van der Waals surface area contributed by atoms with Gasteiger partial charge in [-0.2, -0.15) is 8.78 Å². The van der Waals surface area contributed by atoms with E-state index in [1.165, 1.54) is 13.4 Å². The quantitative estimate of drug-likeness (QED) is 0.564. The standard InChI is InChI=1S/C15H20BrF2N5O3/c1-20-12-11(13(16)19)21-7-23(14(12)25)6-10(24)22-8-2-4-9(5-3-8)26-15(17)18/h7-9,15,19-20H,2-6H2,1H3,(H,22,24). The molecule has 1 aliphatic carbocycles. The summed E-state index contributed by atoms with van der Waals surface area (Å²) in [5.41, 5.74) is -0.191. The molecule has 0 unspecified atom stereocenters. The summed E-state index contributed by atoms with van der Waals surface area (Å²) < 4.78 is 30.0. The molecule has 1 aromatic rings. The van der Waals surface area contributed by atoms with E-state index >= 15 is 0 Å². The molecule has 1 amide bonds. The van der Waals surface area contributed by atoms with E-state index in [2.05, 4.69) is 36.3 Å². The van der Waals surface area contributed by atoms with Crippen LogP contribution in [0.15, 0.2) is 11.1 Å². The van der Waals surface area contributed by atoms with Crippen molar-refractivity contribution in [3.05, 3.63) is 22.4 Å². The van der Waals surface area contributed by atoms with E-state index < -0.39 is 18.3 Å². The van der Waals surface area contributed by atoms with Crippen LogP contribution in [0.4, 0.5) is 14.5 Å². The van der Waals surface area contributed by atoms with E-state index in [0.29, 0.717) is 25.7 Å². The van der Waals surface area contributed by atoms with Gasteiger partial charge >= 0.3 is 6.61 Å². The summed E-state index contributed by atoms with van der Waals surface area (Å²) in [5.74, 6) is -0.365. The molecule has 1 saturated carbocycles. The van der Waals surface area contributed by atoms with Crippen LogP contribution in [-0.2, 0) is 16.1 Å². The zero-order valence-electron chi connectivity index (χ0n) is 14.1. The molecule has 8 nitrogen and oxygen atoms in total. The zero-order valence-corrected chi connectivity index (χ0v) is 15.7. The van der Waals surface area contributed by atoms with Crippen molar-refractivity contribution in [2.75, 3.05) is 12.4 Å². The highest BCUT2D eigenvalue weighted by Crippen LogP contribution is 2.22. The number of nitrogens with zero attached hydrogens (tertiary/aromatic N) is 2. The second-order valence-corrected chi connectivity index (χ2v) is 6.70. The topological polar surface area (TPSA) is 109 Å². The van der Waals surface area contributed by atoms with E-state index in [1.54, 1.807) is 0 Å². The van der Waals surface area contributed by atoms with E-state index in [0.717, 1.165) is 4.57 Å². The molecule has 1 fully saturated rings. The summed E-state index contributed by atoms with van der Waals surface area (Å²) >= 11 is 2.97. The Labute approximate surface area is 157 Å². The Kier molecular flexibility index (Phi) is 7.21. The Hall–Kier alpha value is -1.88. The largest absolute Gasteiger partial charge is 0.382 e. The number of ether oxygens (including phenoxy) is 1. The molecule has 144 valence electrons. The SMILES string of the molecule is CNc1c(C(=N)Br)ncn(CC(=O)NC2CCC(OC(F)F)CC2)c1=O. The van der Waals surface area contributed by atoms with E-state index in [1.807, 2.05) is 0 Å². The van der Waals surface area contributed by atoms with Crippen LogP contribution in [0.25, 0.3) is 0 Å². The monoisotopic (exact) mass is 435 g/mol. The first-order valence-corrected chi connectivity index (χ1v) is 8.85. The minimum absolute atomic E-state index is 0.0432. The third-order valence-electron chi connectivity index (χ3n) is 4.14. The normalized spacial score (nSPS) is 20.0. The van der Waals surface area contributed by atoms with Crippen LogP contribution in [-0.4, -0.2) is 45.9 Å². The number of hydrogen-bond acceptors (Lipinski definition) is 6. The average molecular weight is 436 g/mol. The first-order chi connectivity index (χ1) is 12.3. The molecule has 0 saturated heterocycles. The Morgan fingerprint density at radius 3 is 2.65 bits per heavy atom. The van der Waals surface area contributed by atoms with Crippen LogP contribution in [0.2, 0.25) is 0 Å². The predicted octanol–water partition coefficient (Wildman–Crippen LogP) is 1.67. The third kappa shape index (κ3) is 5.31. The van der Waals surface area contributed by atoms with Crippen LogP contribution < -0.4 is 16.2 Å². The molecule has 1 aliphatic rings. The highest BCUT2D eigenvalue weighted by molar-refractivity contribution is 9.18. The fourth-order valence-electron chi connectivity index (χ4n) is 2.91. The summed E-state index contributed by atoms with van der Waals surface area (Å²) in [7, 11) is 1.53. The van der Waals surface area contributed by atoms with E-state index in [-0.39, 0.29) is 34.5 Å². The molecule has 1 aromatic heterocycles. The molecule has 0 spiro atoms.